The van der Waals surface area contributed by atoms with Crippen molar-refractivity contribution < 1.29 is 0 Å². The van der Waals surface area contributed by atoms with Gasteiger partial charge >= 0.3 is 0 Å². The molecule has 0 amide bonds. The van der Waals surface area contributed by atoms with Crippen LogP contribution in [0.1, 0.15) is 5.56 Å². The van der Waals surface area contributed by atoms with Gasteiger partial charge in [-0.15, -0.1) is 0 Å². The fourth-order valence-electron chi connectivity index (χ4n) is 0.799. The van der Waals surface area contributed by atoms with Crippen molar-refractivity contribution in [2.75, 3.05) is 14.1 Å². The standard InChI is InChI=1S/C10H13N/c1-11(2)9-8-10-6-4-3-5-7-10/h3-9H,1-2H3/b9-8-. The van der Waals surface area contributed by atoms with E-state index in [9.17, 15) is 0 Å². The maximum absolute atomic E-state index is 2.08. The van der Waals surface area contributed by atoms with Crippen LogP contribution in [0.15, 0.2) is 36.5 Å². The Kier molecular flexibility index (Phi) is 2.73. The van der Waals surface area contributed by atoms with Crippen molar-refractivity contribution in [1.29, 1.82) is 0 Å². The third-order valence-electron chi connectivity index (χ3n) is 1.36. The van der Waals surface area contributed by atoms with Gasteiger partial charge in [-0.25, -0.2) is 0 Å². The molecule has 0 saturated carbocycles. The Morgan fingerprint density at radius 2 is 1.73 bits per heavy atom. The van der Waals surface area contributed by atoms with E-state index in [4.69, 9.17) is 0 Å². The van der Waals surface area contributed by atoms with Crippen molar-refractivity contribution in [3.63, 3.8) is 0 Å². The molecule has 0 heterocycles. The predicted molar refractivity (Wildman–Crippen MR) is 49.2 cm³/mol. The largest absolute Gasteiger partial charge is 0.383 e. The molecule has 1 aromatic rings. The molecule has 0 aromatic heterocycles. The highest BCUT2D eigenvalue weighted by molar-refractivity contribution is 5.48. The van der Waals surface area contributed by atoms with Crippen molar-refractivity contribution in [2.45, 2.75) is 0 Å². The minimum absolute atomic E-state index is 1.24. The summed E-state index contributed by atoms with van der Waals surface area (Å²) in [5, 5.41) is 0. The first-order valence-electron chi connectivity index (χ1n) is 3.69. The van der Waals surface area contributed by atoms with Crippen LogP contribution in [0.25, 0.3) is 6.08 Å². The zero-order valence-electron chi connectivity index (χ0n) is 6.99. The Hall–Kier alpha value is -1.24. The van der Waals surface area contributed by atoms with E-state index in [1.54, 1.807) is 0 Å². The zero-order valence-corrected chi connectivity index (χ0v) is 6.99. The average molecular weight is 147 g/mol. The van der Waals surface area contributed by atoms with E-state index in [0.717, 1.165) is 0 Å². The lowest BCUT2D eigenvalue weighted by Gasteiger charge is -2.02. The van der Waals surface area contributed by atoms with E-state index in [2.05, 4.69) is 18.2 Å². The first-order valence-corrected chi connectivity index (χ1v) is 3.69. The summed E-state index contributed by atoms with van der Waals surface area (Å²) in [5.41, 5.74) is 1.24. The summed E-state index contributed by atoms with van der Waals surface area (Å²) >= 11 is 0. The van der Waals surface area contributed by atoms with E-state index >= 15 is 0 Å². The van der Waals surface area contributed by atoms with Gasteiger partial charge in [0.1, 0.15) is 0 Å². The molecule has 1 heteroatoms. The van der Waals surface area contributed by atoms with Gasteiger partial charge < -0.3 is 4.90 Å². The Morgan fingerprint density at radius 1 is 1.09 bits per heavy atom. The molecule has 58 valence electrons. The molecule has 0 bridgehead atoms. The number of rotatable bonds is 2. The monoisotopic (exact) mass is 147 g/mol. The van der Waals surface area contributed by atoms with Gasteiger partial charge in [0.25, 0.3) is 0 Å². The summed E-state index contributed by atoms with van der Waals surface area (Å²) in [7, 11) is 4.03. The Labute approximate surface area is 68.0 Å². The van der Waals surface area contributed by atoms with Gasteiger partial charge in [-0.3, -0.25) is 0 Å². The van der Waals surface area contributed by atoms with Crippen LogP contribution in [0.5, 0.6) is 0 Å². The van der Waals surface area contributed by atoms with Crippen LogP contribution in [0.2, 0.25) is 0 Å². The van der Waals surface area contributed by atoms with Gasteiger partial charge in [-0.05, 0) is 17.8 Å². The van der Waals surface area contributed by atoms with Gasteiger partial charge in [0, 0.05) is 14.1 Å². The maximum atomic E-state index is 2.08. The van der Waals surface area contributed by atoms with Crippen LogP contribution in [0.4, 0.5) is 0 Å². The van der Waals surface area contributed by atoms with E-state index < -0.39 is 0 Å². The third kappa shape index (κ3) is 2.89. The molecular weight excluding hydrogens is 134 g/mol. The van der Waals surface area contributed by atoms with Crippen LogP contribution in [-0.4, -0.2) is 19.0 Å². The highest BCUT2D eigenvalue weighted by Gasteiger charge is 1.81. The van der Waals surface area contributed by atoms with Crippen LogP contribution in [0.3, 0.4) is 0 Å². The summed E-state index contributed by atoms with van der Waals surface area (Å²) in [6, 6.07) is 10.3. The van der Waals surface area contributed by atoms with Crippen molar-refractivity contribution >= 4 is 6.08 Å². The van der Waals surface area contributed by atoms with Crippen molar-refractivity contribution in [3.05, 3.63) is 42.1 Å². The summed E-state index contributed by atoms with van der Waals surface area (Å²) in [4.78, 5) is 2.02. The molecule has 0 atom stereocenters. The molecule has 0 aliphatic carbocycles. The number of nitrogens with zero attached hydrogens (tertiary/aromatic N) is 1. The molecule has 0 aliphatic rings. The first kappa shape index (κ1) is 7.86. The SMILES string of the molecule is CN(C)/C=C\c1ccccc1. The quantitative estimate of drug-likeness (QED) is 0.620. The van der Waals surface area contributed by atoms with Crippen molar-refractivity contribution in [3.8, 4) is 0 Å². The van der Waals surface area contributed by atoms with Gasteiger partial charge in [-0.1, -0.05) is 30.3 Å². The summed E-state index contributed by atoms with van der Waals surface area (Å²) < 4.78 is 0. The van der Waals surface area contributed by atoms with Gasteiger partial charge in [0.05, 0.1) is 0 Å². The van der Waals surface area contributed by atoms with Gasteiger partial charge in [0.15, 0.2) is 0 Å². The minimum Gasteiger partial charge on any atom is -0.383 e. The van der Waals surface area contributed by atoms with E-state index in [1.165, 1.54) is 5.56 Å². The fraction of sp³-hybridized carbons (Fsp3) is 0.200. The molecular formula is C10H13N. The molecule has 1 nitrogen and oxygen atoms in total. The van der Waals surface area contributed by atoms with Crippen LogP contribution in [0, 0.1) is 0 Å². The van der Waals surface area contributed by atoms with Crippen LogP contribution < -0.4 is 0 Å². The molecule has 0 spiro atoms. The second-order valence-electron chi connectivity index (χ2n) is 2.69. The predicted octanol–water partition coefficient (Wildman–Crippen LogP) is 2.22. The average Bonchev–Trinajstić information content (AvgIpc) is 2.03. The zero-order chi connectivity index (χ0) is 8.10. The van der Waals surface area contributed by atoms with E-state index in [0.29, 0.717) is 0 Å². The van der Waals surface area contributed by atoms with Crippen molar-refractivity contribution in [2.24, 2.45) is 0 Å². The lowest BCUT2D eigenvalue weighted by Crippen LogP contribution is -1.99. The summed E-state index contributed by atoms with van der Waals surface area (Å²) in [6.07, 6.45) is 4.12. The minimum atomic E-state index is 1.24. The molecule has 0 radical (unpaired) electrons. The second-order valence-corrected chi connectivity index (χ2v) is 2.69. The number of hydrogen-bond donors (Lipinski definition) is 0. The molecule has 0 fully saturated rings. The highest BCUT2D eigenvalue weighted by Crippen LogP contribution is 2.00. The Balaban J connectivity index is 2.65. The molecule has 0 aliphatic heterocycles. The summed E-state index contributed by atoms with van der Waals surface area (Å²) in [5.74, 6) is 0. The van der Waals surface area contributed by atoms with Gasteiger partial charge in [-0.2, -0.15) is 0 Å². The van der Waals surface area contributed by atoms with Crippen molar-refractivity contribution in [1.82, 2.24) is 4.90 Å². The lowest BCUT2D eigenvalue weighted by atomic mass is 10.2. The first-order chi connectivity index (χ1) is 5.29. The van der Waals surface area contributed by atoms with E-state index in [1.807, 2.05) is 43.4 Å². The number of benzene rings is 1. The smallest absolute Gasteiger partial charge is 0.00556 e. The highest BCUT2D eigenvalue weighted by atomic mass is 15.0. The Bertz CT molecular complexity index is 224. The molecule has 0 unspecified atom stereocenters. The Morgan fingerprint density at radius 3 is 2.27 bits per heavy atom. The van der Waals surface area contributed by atoms with Crippen LogP contribution in [-0.2, 0) is 0 Å². The summed E-state index contributed by atoms with van der Waals surface area (Å²) in [6.45, 7) is 0. The molecule has 1 aromatic carbocycles. The fourth-order valence-corrected chi connectivity index (χ4v) is 0.799. The molecule has 0 N–H and O–H groups in total. The molecule has 0 saturated heterocycles. The van der Waals surface area contributed by atoms with E-state index in [-0.39, 0.29) is 0 Å². The normalized spacial score (nSPS) is 10.4. The van der Waals surface area contributed by atoms with Crippen LogP contribution >= 0.6 is 0 Å². The molecule has 11 heavy (non-hydrogen) atoms. The van der Waals surface area contributed by atoms with Gasteiger partial charge in [0.2, 0.25) is 0 Å². The third-order valence-corrected chi connectivity index (χ3v) is 1.36. The second kappa shape index (κ2) is 3.81. The maximum Gasteiger partial charge on any atom is 0.00556 e. The topological polar surface area (TPSA) is 3.24 Å². The molecule has 1 rings (SSSR count). The number of hydrogen-bond acceptors (Lipinski definition) is 1. The lowest BCUT2D eigenvalue weighted by molar-refractivity contribution is 0.567.